The first kappa shape index (κ1) is 12.1. The van der Waals surface area contributed by atoms with E-state index in [0.717, 1.165) is 51.6 Å². The van der Waals surface area contributed by atoms with E-state index in [-0.39, 0.29) is 11.3 Å². The van der Waals surface area contributed by atoms with Crippen LogP contribution in [0.4, 0.5) is 0 Å². The van der Waals surface area contributed by atoms with Crippen LogP contribution in [-0.4, -0.2) is 34.6 Å². The monoisotopic (exact) mass is 261 g/mol. The largest absolute Gasteiger partial charge is 0.375 e. The van der Waals surface area contributed by atoms with Gasteiger partial charge in [0.2, 0.25) is 0 Å². The standard InChI is InChI=1S/C16H23NO2/c1-11-8-12-9-14(18)13-4-2-6-17-7-3-5-15(12,13)16(17,19)10-11/h9,11,13,19H,2-8,10H2,1H3/t11-,13-,15+,16?/m1/s1. The quantitative estimate of drug-likeness (QED) is 0.726. The number of carbonyl (C=O) groups is 1. The molecule has 2 aliphatic carbocycles. The summed E-state index contributed by atoms with van der Waals surface area (Å²) in [6.45, 7) is 4.17. The van der Waals surface area contributed by atoms with Gasteiger partial charge >= 0.3 is 0 Å². The van der Waals surface area contributed by atoms with E-state index in [4.69, 9.17) is 0 Å². The number of allylic oxidation sites excluding steroid dienone is 1. The molecule has 104 valence electrons. The molecule has 2 bridgehead atoms. The molecule has 3 fully saturated rings. The first-order valence-corrected chi connectivity index (χ1v) is 7.80. The van der Waals surface area contributed by atoms with Crippen molar-refractivity contribution in [3.05, 3.63) is 11.6 Å². The molecule has 0 aromatic carbocycles. The van der Waals surface area contributed by atoms with Gasteiger partial charge in [0.05, 0.1) is 0 Å². The molecule has 2 unspecified atom stereocenters. The van der Waals surface area contributed by atoms with Crippen LogP contribution in [0.2, 0.25) is 0 Å². The predicted octanol–water partition coefficient (Wildman–Crippen LogP) is 2.11. The lowest BCUT2D eigenvalue weighted by Crippen LogP contribution is -2.67. The second-order valence-corrected chi connectivity index (χ2v) is 7.16. The van der Waals surface area contributed by atoms with Crippen LogP contribution in [0.5, 0.6) is 0 Å². The molecule has 4 aliphatic rings. The molecule has 5 atom stereocenters. The Balaban J connectivity index is 1.93. The van der Waals surface area contributed by atoms with Gasteiger partial charge in [0, 0.05) is 24.4 Å². The van der Waals surface area contributed by atoms with Crippen LogP contribution in [0.25, 0.3) is 0 Å². The van der Waals surface area contributed by atoms with Crippen LogP contribution in [-0.2, 0) is 4.79 Å². The molecule has 4 rings (SSSR count). The third-order valence-corrected chi connectivity index (χ3v) is 6.19. The second kappa shape index (κ2) is 3.70. The lowest BCUT2D eigenvalue weighted by molar-refractivity contribution is -0.230. The van der Waals surface area contributed by atoms with Crippen molar-refractivity contribution in [3.63, 3.8) is 0 Å². The summed E-state index contributed by atoms with van der Waals surface area (Å²) in [7, 11) is 0. The average Bonchev–Trinajstić information content (AvgIpc) is 2.59. The summed E-state index contributed by atoms with van der Waals surface area (Å²) >= 11 is 0. The first-order chi connectivity index (χ1) is 9.08. The zero-order valence-electron chi connectivity index (χ0n) is 11.7. The molecule has 0 aromatic rings. The molecular weight excluding hydrogens is 238 g/mol. The molecule has 0 aromatic heterocycles. The molecule has 3 nitrogen and oxygen atoms in total. The number of hydrogen-bond acceptors (Lipinski definition) is 3. The van der Waals surface area contributed by atoms with Crippen LogP contribution in [0.3, 0.4) is 0 Å². The minimum atomic E-state index is -0.748. The van der Waals surface area contributed by atoms with Gasteiger partial charge in [0.15, 0.2) is 5.78 Å². The SMILES string of the molecule is C[C@@H]1CC2=CC(=O)[C@H]3CCCN4CCC[C@]23C4(O)C1. The van der Waals surface area contributed by atoms with Crippen LogP contribution in [0.15, 0.2) is 11.6 Å². The van der Waals surface area contributed by atoms with E-state index in [9.17, 15) is 9.90 Å². The van der Waals surface area contributed by atoms with Gasteiger partial charge in [-0.05, 0) is 50.5 Å². The van der Waals surface area contributed by atoms with Gasteiger partial charge in [-0.1, -0.05) is 12.5 Å². The molecule has 19 heavy (non-hydrogen) atoms. The average molecular weight is 261 g/mol. The zero-order valence-corrected chi connectivity index (χ0v) is 11.7. The normalized spacial score (nSPS) is 52.4. The molecule has 0 radical (unpaired) electrons. The summed E-state index contributed by atoms with van der Waals surface area (Å²) in [6, 6.07) is 0. The van der Waals surface area contributed by atoms with E-state index in [0.29, 0.717) is 11.7 Å². The van der Waals surface area contributed by atoms with Crippen LogP contribution >= 0.6 is 0 Å². The van der Waals surface area contributed by atoms with Gasteiger partial charge in [-0.15, -0.1) is 0 Å². The smallest absolute Gasteiger partial charge is 0.159 e. The third kappa shape index (κ3) is 1.28. The Morgan fingerprint density at radius 2 is 2.16 bits per heavy atom. The Morgan fingerprint density at radius 1 is 1.37 bits per heavy atom. The highest BCUT2D eigenvalue weighted by Gasteiger charge is 2.67. The Hall–Kier alpha value is -0.670. The molecule has 2 aliphatic heterocycles. The summed E-state index contributed by atoms with van der Waals surface area (Å²) in [4.78, 5) is 14.7. The van der Waals surface area contributed by atoms with Crippen molar-refractivity contribution in [2.45, 2.75) is 51.2 Å². The van der Waals surface area contributed by atoms with E-state index in [2.05, 4.69) is 11.8 Å². The molecule has 1 N–H and O–H groups in total. The number of piperidine rings is 1. The van der Waals surface area contributed by atoms with E-state index in [1.54, 1.807) is 0 Å². The number of nitrogens with zero attached hydrogens (tertiary/aromatic N) is 1. The van der Waals surface area contributed by atoms with Crippen LogP contribution < -0.4 is 0 Å². The number of aliphatic hydroxyl groups is 1. The molecular formula is C16H23NO2. The van der Waals surface area contributed by atoms with Crippen molar-refractivity contribution in [1.82, 2.24) is 4.90 Å². The molecule has 0 amide bonds. The number of hydrogen-bond donors (Lipinski definition) is 1. The number of carbonyl (C=O) groups excluding carboxylic acids is 1. The van der Waals surface area contributed by atoms with Gasteiger partial charge in [0.1, 0.15) is 5.72 Å². The van der Waals surface area contributed by atoms with E-state index in [1.165, 1.54) is 5.57 Å². The van der Waals surface area contributed by atoms with Crippen molar-refractivity contribution in [2.24, 2.45) is 17.3 Å². The van der Waals surface area contributed by atoms with Gasteiger partial charge < -0.3 is 5.11 Å². The van der Waals surface area contributed by atoms with Crippen LogP contribution in [0, 0.1) is 17.3 Å². The Morgan fingerprint density at radius 3 is 3.00 bits per heavy atom. The van der Waals surface area contributed by atoms with Crippen molar-refractivity contribution in [3.8, 4) is 0 Å². The Kier molecular flexibility index (Phi) is 2.36. The van der Waals surface area contributed by atoms with E-state index < -0.39 is 5.72 Å². The summed E-state index contributed by atoms with van der Waals surface area (Å²) in [5.74, 6) is 0.839. The summed E-state index contributed by atoms with van der Waals surface area (Å²) in [6.07, 6.45) is 7.90. The maximum Gasteiger partial charge on any atom is 0.159 e. The Labute approximate surface area is 114 Å². The first-order valence-electron chi connectivity index (χ1n) is 7.80. The molecule has 1 spiro atoms. The topological polar surface area (TPSA) is 40.5 Å². The Bertz CT molecular complexity index is 471. The summed E-state index contributed by atoms with van der Waals surface area (Å²) in [5, 5.41) is 11.5. The van der Waals surface area contributed by atoms with Gasteiger partial charge in [-0.2, -0.15) is 0 Å². The fourth-order valence-electron chi connectivity index (χ4n) is 5.61. The van der Waals surface area contributed by atoms with Gasteiger partial charge in [0.25, 0.3) is 0 Å². The number of ketones is 1. The molecule has 2 heterocycles. The summed E-state index contributed by atoms with van der Waals surface area (Å²) < 4.78 is 0. The molecule has 3 heteroatoms. The summed E-state index contributed by atoms with van der Waals surface area (Å²) in [5.41, 5.74) is 0.295. The van der Waals surface area contributed by atoms with Crippen LogP contribution in [0.1, 0.15) is 45.4 Å². The molecule has 1 saturated carbocycles. The maximum atomic E-state index is 12.4. The maximum absolute atomic E-state index is 12.4. The highest BCUT2D eigenvalue weighted by molar-refractivity contribution is 5.97. The van der Waals surface area contributed by atoms with Gasteiger partial charge in [-0.3, -0.25) is 9.69 Å². The van der Waals surface area contributed by atoms with Crippen molar-refractivity contribution >= 4 is 5.78 Å². The molecule has 2 saturated heterocycles. The lowest BCUT2D eigenvalue weighted by atomic mass is 9.54. The fourth-order valence-corrected chi connectivity index (χ4v) is 5.61. The zero-order chi connectivity index (χ0) is 13.3. The van der Waals surface area contributed by atoms with Crippen molar-refractivity contribution in [2.75, 3.05) is 13.1 Å². The van der Waals surface area contributed by atoms with E-state index in [1.807, 2.05) is 6.08 Å². The fraction of sp³-hybridized carbons (Fsp3) is 0.812. The predicted molar refractivity (Wildman–Crippen MR) is 72.4 cm³/mol. The highest BCUT2D eigenvalue weighted by atomic mass is 16.3. The minimum Gasteiger partial charge on any atom is -0.375 e. The minimum absolute atomic E-state index is 0.0605. The van der Waals surface area contributed by atoms with Gasteiger partial charge in [-0.25, -0.2) is 0 Å². The second-order valence-electron chi connectivity index (χ2n) is 7.16. The van der Waals surface area contributed by atoms with E-state index >= 15 is 0 Å². The van der Waals surface area contributed by atoms with Crippen molar-refractivity contribution < 1.29 is 9.90 Å². The lowest BCUT2D eigenvalue weighted by Gasteiger charge is -2.60. The number of rotatable bonds is 0. The van der Waals surface area contributed by atoms with Crippen molar-refractivity contribution in [1.29, 1.82) is 0 Å². The highest BCUT2D eigenvalue weighted by Crippen LogP contribution is 2.64. The third-order valence-electron chi connectivity index (χ3n) is 6.19.